The highest BCUT2D eigenvalue weighted by atomic mass is 16.5. The lowest BCUT2D eigenvalue weighted by molar-refractivity contribution is 0.416. The molecule has 0 aliphatic heterocycles. The first-order valence-electron chi connectivity index (χ1n) is 7.07. The van der Waals surface area contributed by atoms with E-state index in [2.05, 4.69) is 15.5 Å². The highest BCUT2D eigenvalue weighted by Gasteiger charge is 2.08. The third-order valence-corrected chi connectivity index (χ3v) is 3.24. The van der Waals surface area contributed by atoms with Crippen LogP contribution in [0.2, 0.25) is 0 Å². The molecule has 0 aliphatic rings. The Morgan fingerprint density at radius 1 is 0.955 bits per heavy atom. The third kappa shape index (κ3) is 3.44. The molecule has 5 heteroatoms. The van der Waals surface area contributed by atoms with Gasteiger partial charge in [-0.2, -0.15) is 0 Å². The van der Waals surface area contributed by atoms with Gasteiger partial charge in [0.25, 0.3) is 0 Å². The van der Waals surface area contributed by atoms with Crippen molar-refractivity contribution in [1.82, 2.24) is 10.2 Å². The highest BCUT2D eigenvalue weighted by Crippen LogP contribution is 2.23. The maximum Gasteiger partial charge on any atom is 0.235 e. The molecule has 0 amide bonds. The van der Waals surface area contributed by atoms with Crippen molar-refractivity contribution in [3.05, 3.63) is 71.9 Å². The first-order chi connectivity index (χ1) is 10.8. The van der Waals surface area contributed by atoms with Crippen LogP contribution in [-0.2, 0) is 13.0 Å². The van der Waals surface area contributed by atoms with Crippen LogP contribution in [0, 0.1) is 0 Å². The number of hydrogen-bond donors (Lipinski definition) is 1. The molecule has 5 nitrogen and oxygen atoms in total. The molecule has 0 atom stereocenters. The number of para-hydroxylation sites is 2. The Morgan fingerprint density at radius 2 is 1.68 bits per heavy atom. The molecule has 22 heavy (non-hydrogen) atoms. The van der Waals surface area contributed by atoms with Crippen molar-refractivity contribution in [3.8, 4) is 5.75 Å². The van der Waals surface area contributed by atoms with E-state index in [9.17, 15) is 0 Å². The van der Waals surface area contributed by atoms with Gasteiger partial charge in [-0.1, -0.05) is 42.5 Å². The quantitative estimate of drug-likeness (QED) is 0.756. The number of benzene rings is 2. The van der Waals surface area contributed by atoms with Crippen molar-refractivity contribution in [3.63, 3.8) is 0 Å². The van der Waals surface area contributed by atoms with Crippen molar-refractivity contribution in [1.29, 1.82) is 0 Å². The maximum absolute atomic E-state index is 5.66. The van der Waals surface area contributed by atoms with Gasteiger partial charge in [0.1, 0.15) is 5.75 Å². The van der Waals surface area contributed by atoms with Gasteiger partial charge in [0, 0.05) is 0 Å². The Bertz CT molecular complexity index is 726. The molecular formula is C17H17N3O2. The van der Waals surface area contributed by atoms with E-state index in [0.717, 1.165) is 17.0 Å². The molecule has 0 saturated carbocycles. The molecule has 1 heterocycles. The minimum atomic E-state index is 0.460. The molecule has 0 unspecified atom stereocenters. The van der Waals surface area contributed by atoms with E-state index in [1.54, 1.807) is 7.11 Å². The number of hydrogen-bond acceptors (Lipinski definition) is 5. The van der Waals surface area contributed by atoms with Crippen LogP contribution in [0.1, 0.15) is 17.3 Å². The van der Waals surface area contributed by atoms with E-state index in [-0.39, 0.29) is 0 Å². The van der Waals surface area contributed by atoms with Crippen molar-refractivity contribution in [2.75, 3.05) is 12.4 Å². The van der Waals surface area contributed by atoms with Crippen molar-refractivity contribution < 1.29 is 9.15 Å². The lowest BCUT2D eigenvalue weighted by atomic mass is 10.2. The Morgan fingerprint density at radius 3 is 2.50 bits per heavy atom. The molecule has 1 N–H and O–H groups in total. The zero-order valence-corrected chi connectivity index (χ0v) is 12.3. The lowest BCUT2D eigenvalue weighted by Crippen LogP contribution is -2.01. The Hall–Kier alpha value is -2.82. The Balaban J connectivity index is 1.62. The van der Waals surface area contributed by atoms with Crippen LogP contribution < -0.4 is 10.1 Å². The first kappa shape index (κ1) is 14.1. The molecule has 0 spiro atoms. The second-order valence-corrected chi connectivity index (χ2v) is 4.81. The number of rotatable bonds is 6. The van der Waals surface area contributed by atoms with Crippen molar-refractivity contribution in [2.45, 2.75) is 13.0 Å². The van der Waals surface area contributed by atoms with Gasteiger partial charge in [-0.05, 0) is 17.7 Å². The Kier molecular flexibility index (Phi) is 4.34. The van der Waals surface area contributed by atoms with Crippen molar-refractivity contribution in [2.24, 2.45) is 0 Å². The van der Waals surface area contributed by atoms with E-state index < -0.39 is 0 Å². The summed E-state index contributed by atoms with van der Waals surface area (Å²) in [6, 6.07) is 17.8. The summed E-state index contributed by atoms with van der Waals surface area (Å²) in [6.45, 7) is 0.460. The summed E-state index contributed by atoms with van der Waals surface area (Å²) < 4.78 is 10.9. The number of aromatic nitrogens is 2. The van der Waals surface area contributed by atoms with Crippen LogP contribution in [0.3, 0.4) is 0 Å². The summed E-state index contributed by atoms with van der Waals surface area (Å²) >= 11 is 0. The van der Waals surface area contributed by atoms with Gasteiger partial charge in [-0.15, -0.1) is 10.2 Å². The van der Waals surface area contributed by atoms with Gasteiger partial charge in [-0.3, -0.25) is 0 Å². The molecule has 1 aromatic heterocycles. The number of nitrogens with one attached hydrogen (secondary N) is 1. The predicted octanol–water partition coefficient (Wildman–Crippen LogP) is 3.28. The van der Waals surface area contributed by atoms with Crippen molar-refractivity contribution >= 4 is 5.69 Å². The summed E-state index contributed by atoms with van der Waals surface area (Å²) in [5.74, 6) is 1.95. The standard InChI is InChI=1S/C17H17N3O2/c1-21-15-10-6-5-9-14(15)18-12-17-20-19-16(22-17)11-13-7-3-2-4-8-13/h2-10,18H,11-12H2,1H3. The lowest BCUT2D eigenvalue weighted by Gasteiger charge is -2.08. The number of nitrogens with zero attached hydrogens (tertiary/aromatic N) is 2. The molecule has 2 aromatic carbocycles. The summed E-state index contributed by atoms with van der Waals surface area (Å²) in [5, 5.41) is 11.4. The monoisotopic (exact) mass is 295 g/mol. The zero-order chi connectivity index (χ0) is 15.2. The smallest absolute Gasteiger partial charge is 0.235 e. The fourth-order valence-corrected chi connectivity index (χ4v) is 2.16. The fourth-order valence-electron chi connectivity index (χ4n) is 2.16. The summed E-state index contributed by atoms with van der Waals surface area (Å²) in [5.41, 5.74) is 2.04. The molecule has 3 rings (SSSR count). The second kappa shape index (κ2) is 6.76. The molecule has 0 bridgehead atoms. The molecule has 0 aliphatic carbocycles. The van der Waals surface area contributed by atoms with Gasteiger partial charge in [-0.25, -0.2) is 0 Å². The highest BCUT2D eigenvalue weighted by molar-refractivity contribution is 5.55. The van der Waals surface area contributed by atoms with Crippen LogP contribution in [0.5, 0.6) is 5.75 Å². The van der Waals surface area contributed by atoms with Gasteiger partial charge in [0.2, 0.25) is 11.8 Å². The van der Waals surface area contributed by atoms with E-state index in [4.69, 9.17) is 9.15 Å². The van der Waals surface area contributed by atoms with Crippen LogP contribution >= 0.6 is 0 Å². The van der Waals surface area contributed by atoms with E-state index >= 15 is 0 Å². The fraction of sp³-hybridized carbons (Fsp3) is 0.176. The average Bonchev–Trinajstić information content (AvgIpc) is 3.01. The number of methoxy groups -OCH3 is 1. The third-order valence-electron chi connectivity index (χ3n) is 3.24. The Labute approximate surface area is 129 Å². The second-order valence-electron chi connectivity index (χ2n) is 4.81. The molecular weight excluding hydrogens is 278 g/mol. The topological polar surface area (TPSA) is 60.2 Å². The normalized spacial score (nSPS) is 10.4. The van der Waals surface area contributed by atoms with E-state index in [1.165, 1.54) is 0 Å². The number of ether oxygens (including phenoxy) is 1. The van der Waals surface area contributed by atoms with Crippen LogP contribution in [0.4, 0.5) is 5.69 Å². The maximum atomic E-state index is 5.66. The molecule has 0 saturated heterocycles. The van der Waals surface area contributed by atoms with Gasteiger partial charge in [0.15, 0.2) is 0 Å². The molecule has 0 radical (unpaired) electrons. The van der Waals surface area contributed by atoms with E-state index in [1.807, 2.05) is 54.6 Å². The minimum absolute atomic E-state index is 0.460. The summed E-state index contributed by atoms with van der Waals surface area (Å²) in [7, 11) is 1.64. The van der Waals surface area contributed by atoms with Gasteiger partial charge >= 0.3 is 0 Å². The van der Waals surface area contributed by atoms with Crippen LogP contribution in [-0.4, -0.2) is 17.3 Å². The van der Waals surface area contributed by atoms with Crippen LogP contribution in [0.25, 0.3) is 0 Å². The minimum Gasteiger partial charge on any atom is -0.495 e. The largest absolute Gasteiger partial charge is 0.495 e. The average molecular weight is 295 g/mol. The van der Waals surface area contributed by atoms with E-state index in [0.29, 0.717) is 24.7 Å². The first-order valence-corrected chi connectivity index (χ1v) is 7.07. The van der Waals surface area contributed by atoms with Gasteiger partial charge in [0.05, 0.1) is 25.8 Å². The SMILES string of the molecule is COc1ccccc1NCc1nnc(Cc2ccccc2)o1. The molecule has 3 aromatic rings. The molecule has 112 valence electrons. The van der Waals surface area contributed by atoms with Gasteiger partial charge < -0.3 is 14.5 Å². The zero-order valence-electron chi connectivity index (χ0n) is 12.3. The predicted molar refractivity (Wildman–Crippen MR) is 83.9 cm³/mol. The summed E-state index contributed by atoms with van der Waals surface area (Å²) in [6.07, 6.45) is 0.641. The van der Waals surface area contributed by atoms with Crippen LogP contribution in [0.15, 0.2) is 59.0 Å². The number of anilines is 1. The summed E-state index contributed by atoms with van der Waals surface area (Å²) in [4.78, 5) is 0. The molecule has 0 fully saturated rings.